The Labute approximate surface area is 405 Å². The zero-order valence-electron chi connectivity index (χ0n) is 40.8. The van der Waals surface area contributed by atoms with Crippen LogP contribution in [-0.2, 0) is 46.5 Å². The minimum atomic E-state index is -5.38. The lowest BCUT2D eigenvalue weighted by atomic mass is 9.93. The maximum absolute atomic E-state index is 12.5. The van der Waals surface area contributed by atoms with Gasteiger partial charge in [0, 0.05) is 55.9 Å². The summed E-state index contributed by atoms with van der Waals surface area (Å²) in [6.45, 7) is 30.6. The minimum Gasteiger partial charge on any atom is -0.744 e. The van der Waals surface area contributed by atoms with Crippen LogP contribution < -0.4 is 30.1 Å². The molecule has 2 amide bonds. The molecule has 1 heterocycles. The Morgan fingerprint density at radius 1 is 0.623 bits per heavy atom. The molecule has 0 radical (unpaired) electrons. The molecule has 5 rings (SSSR count). The molecule has 4 aromatic carbocycles. The number of azide groups is 1. The number of rotatable bonds is 21. The number of hydrogen-bond acceptors (Lipinski definition) is 14. The Morgan fingerprint density at radius 3 is 1.39 bits per heavy atom. The fourth-order valence-electron chi connectivity index (χ4n) is 7.29. The number of pyridine rings is 1. The number of ether oxygens (including phenoxy) is 1. The summed E-state index contributed by atoms with van der Waals surface area (Å²) in [5, 5.41) is 6.80. The third-order valence-electron chi connectivity index (χ3n) is 11.5. The van der Waals surface area contributed by atoms with Crippen molar-refractivity contribution >= 4 is 80.2 Å². The number of quaternary nitrogens is 3. The molecule has 0 fully saturated rings. The fourth-order valence-corrected chi connectivity index (χ4v) is 9.45. The Hall–Kier alpha value is -5.27. The first kappa shape index (κ1) is 59.9. The maximum Gasteiger partial charge on any atom is 0.257 e. The maximum atomic E-state index is 12.5. The van der Waals surface area contributed by atoms with Gasteiger partial charge in [0.2, 0.25) is 5.91 Å². The first-order chi connectivity index (χ1) is 32.5. The van der Waals surface area contributed by atoms with Gasteiger partial charge in [-0.2, -0.15) is 0 Å². The van der Waals surface area contributed by atoms with Gasteiger partial charge in [-0.05, 0) is 98.2 Å². The quantitative estimate of drug-likeness (QED) is 0.0231. The Morgan fingerprint density at radius 2 is 1.03 bits per heavy atom. The van der Waals surface area contributed by atoms with Crippen molar-refractivity contribution in [3.63, 3.8) is 0 Å². The van der Waals surface area contributed by atoms with Crippen LogP contribution in [0.15, 0.2) is 74.5 Å². The molecule has 5 aromatic rings. The number of aromatic nitrogens is 1. The van der Waals surface area contributed by atoms with Crippen LogP contribution in [0.2, 0.25) is 0 Å². The highest BCUT2D eigenvalue weighted by molar-refractivity contribution is 7.87. The molecule has 0 unspecified atom stereocenters. The third kappa shape index (κ3) is 17.9. The highest BCUT2D eigenvalue weighted by atomic mass is 32.2. The van der Waals surface area contributed by atoms with Crippen LogP contribution in [-0.4, -0.2) is 128 Å². The van der Waals surface area contributed by atoms with Crippen molar-refractivity contribution in [2.24, 2.45) is 5.11 Å². The molecule has 0 aliphatic heterocycles. The standard InChI is InChI=1S/C27H22N6O12S3.3C6H15N/c28-33-31-12-14-1-2-15(11-30-14)32-24(34)7-8-29-25(35)13-45-20-9-21(46(36,37)38)17-5-6-19-23(48(42,43)44)10-22(47(39,40)41)18-4-3-16(20)26(17)27(18)19;3*1-4-7(5-2)6-3/h1-6,9-11H,7-8,12-13H2,(H,29,35)(H,32,34)(H,36,37,38)(H,39,40,41)(H,42,43,44);3*4-6H2,1-3H3. The largest absolute Gasteiger partial charge is 0.744 e. The smallest absolute Gasteiger partial charge is 0.257 e. The lowest BCUT2D eigenvalue weighted by molar-refractivity contribution is -0.894. The summed E-state index contributed by atoms with van der Waals surface area (Å²) in [5.74, 6) is -1.63. The fraction of sp³-hybridized carbons (Fsp3) is 0.489. The Balaban J connectivity index is 0.000000646. The molecule has 24 heteroatoms. The van der Waals surface area contributed by atoms with E-state index in [0.717, 1.165) is 24.3 Å². The van der Waals surface area contributed by atoms with E-state index in [2.05, 4.69) is 88.0 Å². The number of amides is 2. The van der Waals surface area contributed by atoms with Crippen LogP contribution in [0.3, 0.4) is 0 Å². The van der Waals surface area contributed by atoms with E-state index in [-0.39, 0.29) is 57.6 Å². The molecule has 1 aromatic heterocycles. The van der Waals surface area contributed by atoms with E-state index in [0.29, 0.717) is 17.4 Å². The van der Waals surface area contributed by atoms with Crippen molar-refractivity contribution in [1.29, 1.82) is 0 Å². The molecule has 0 atom stereocenters. The van der Waals surface area contributed by atoms with Crippen molar-refractivity contribution in [1.82, 2.24) is 10.3 Å². The van der Waals surface area contributed by atoms with Gasteiger partial charge in [0.15, 0.2) is 6.61 Å². The van der Waals surface area contributed by atoms with Gasteiger partial charge in [-0.15, -0.1) is 0 Å². The molecule has 0 saturated heterocycles. The molecule has 0 bridgehead atoms. The summed E-state index contributed by atoms with van der Waals surface area (Å²) in [5.41, 5.74) is 9.18. The van der Waals surface area contributed by atoms with Crippen molar-refractivity contribution in [3.05, 3.63) is 70.9 Å². The van der Waals surface area contributed by atoms with Crippen LogP contribution in [0, 0.1) is 0 Å². The van der Waals surface area contributed by atoms with Crippen molar-refractivity contribution in [2.75, 3.05) is 77.4 Å². The second-order valence-electron chi connectivity index (χ2n) is 15.5. The summed E-state index contributed by atoms with van der Waals surface area (Å²) >= 11 is 0. The van der Waals surface area contributed by atoms with Crippen LogP contribution in [0.4, 0.5) is 5.69 Å². The van der Waals surface area contributed by atoms with Gasteiger partial charge in [-0.1, -0.05) is 23.3 Å². The van der Waals surface area contributed by atoms with E-state index < -0.39 is 63.5 Å². The van der Waals surface area contributed by atoms with Crippen LogP contribution in [0.25, 0.3) is 42.8 Å². The van der Waals surface area contributed by atoms with E-state index in [1.165, 1.54) is 77.2 Å². The topological polar surface area (TPSA) is 314 Å². The lowest BCUT2D eigenvalue weighted by Gasteiger charge is -2.22. The number of carbonyl (C=O) groups excluding carboxylic acids is 2. The average Bonchev–Trinajstić information content (AvgIpc) is 3.31. The molecule has 0 aliphatic carbocycles. The SMILES string of the molecule is CC[NH+](CC)CC.CC[NH+](CC)CC.CC[NH+](CC)CC.[N-]=[N+]=NCc1ccc(NC(=O)CCNC(=O)COc2cc(S(=O)(=O)[O-])c3ccc4c(S(=O)(=O)[O-])cc(S(=O)(=O)[O-])c5ccc2c3c54)cn1. The second-order valence-corrected chi connectivity index (χ2v) is 19.5. The minimum absolute atomic E-state index is 0.0172. The molecule has 382 valence electrons. The van der Waals surface area contributed by atoms with Gasteiger partial charge >= 0.3 is 0 Å². The van der Waals surface area contributed by atoms with E-state index in [4.69, 9.17) is 10.3 Å². The van der Waals surface area contributed by atoms with Gasteiger partial charge < -0.3 is 43.7 Å². The van der Waals surface area contributed by atoms with Gasteiger partial charge in [0.1, 0.15) is 36.1 Å². The van der Waals surface area contributed by atoms with Gasteiger partial charge in [-0.3, -0.25) is 14.6 Å². The van der Waals surface area contributed by atoms with E-state index in [9.17, 15) is 48.5 Å². The van der Waals surface area contributed by atoms with Gasteiger partial charge in [-0.25, -0.2) is 25.3 Å². The van der Waals surface area contributed by atoms with E-state index >= 15 is 0 Å². The van der Waals surface area contributed by atoms with E-state index in [1.807, 2.05) is 0 Å². The molecule has 0 aliphatic rings. The van der Waals surface area contributed by atoms with Gasteiger partial charge in [0.05, 0.1) is 92.0 Å². The molecular weight excluding hydrogens is 955 g/mol. The summed E-state index contributed by atoms with van der Waals surface area (Å²) in [6, 6.07) is 8.69. The number of benzene rings is 4. The first-order valence-corrected chi connectivity index (χ1v) is 27.1. The van der Waals surface area contributed by atoms with Crippen molar-refractivity contribution in [2.45, 2.75) is 90.0 Å². The molecule has 0 spiro atoms. The number of nitrogens with one attached hydrogen (secondary N) is 5. The monoisotopic (exact) mass is 1020 g/mol. The predicted molar refractivity (Wildman–Crippen MR) is 261 cm³/mol. The van der Waals surface area contributed by atoms with Crippen LogP contribution >= 0.6 is 0 Å². The van der Waals surface area contributed by atoms with Crippen molar-refractivity contribution < 1.29 is 67.9 Å². The van der Waals surface area contributed by atoms with Crippen molar-refractivity contribution in [3.8, 4) is 5.75 Å². The molecule has 5 N–H and O–H groups in total. The highest BCUT2D eigenvalue weighted by Crippen LogP contribution is 2.45. The predicted octanol–water partition coefficient (Wildman–Crippen LogP) is 1.82. The molecule has 21 nitrogen and oxygen atoms in total. The molecule has 0 saturated carbocycles. The summed E-state index contributed by atoms with van der Waals surface area (Å²) in [6.07, 6.45) is 1.17. The first-order valence-electron chi connectivity index (χ1n) is 22.8. The van der Waals surface area contributed by atoms with E-state index in [1.54, 1.807) is 20.8 Å². The summed E-state index contributed by atoms with van der Waals surface area (Å²) in [7, 11) is -16.0. The number of hydrogen-bond donors (Lipinski definition) is 5. The molecule has 69 heavy (non-hydrogen) atoms. The number of anilines is 1. The summed E-state index contributed by atoms with van der Waals surface area (Å²) in [4.78, 5) is 33.5. The van der Waals surface area contributed by atoms with Crippen LogP contribution in [0.5, 0.6) is 5.75 Å². The van der Waals surface area contributed by atoms with Gasteiger partial charge in [0.25, 0.3) is 5.91 Å². The Kier molecular flexibility index (Phi) is 24.6. The average molecular weight is 1020 g/mol. The summed E-state index contributed by atoms with van der Waals surface area (Å²) < 4.78 is 115. The zero-order valence-corrected chi connectivity index (χ0v) is 43.3. The number of carbonyl (C=O) groups is 2. The zero-order chi connectivity index (χ0) is 52.1. The van der Waals surface area contributed by atoms with Crippen LogP contribution in [0.1, 0.15) is 74.4 Å². The molecular formula is C45H67N9O12S3. The highest BCUT2D eigenvalue weighted by Gasteiger charge is 2.24. The Bertz CT molecular complexity index is 2740. The number of nitrogens with zero attached hydrogens (tertiary/aromatic N) is 4. The normalized spacial score (nSPS) is 11.6. The second kappa shape index (κ2) is 28.4. The third-order valence-corrected chi connectivity index (χ3v) is 14.1. The lowest BCUT2D eigenvalue weighted by Crippen LogP contribution is -3.11.